The smallest absolute Gasteiger partial charge is 0.0454 e. The Bertz CT molecular complexity index is 227. The molecule has 0 unspecified atom stereocenters. The van der Waals surface area contributed by atoms with Crippen LogP contribution in [0.1, 0.15) is 11.5 Å². The second-order valence-corrected chi connectivity index (χ2v) is 3.19. The van der Waals surface area contributed by atoms with E-state index in [9.17, 15) is 0 Å². The maximum atomic E-state index is 3.32. The highest BCUT2D eigenvalue weighted by molar-refractivity contribution is 5.20. The summed E-state index contributed by atoms with van der Waals surface area (Å²) in [6, 6.07) is 10.7. The second kappa shape index (κ2) is 3.70. The summed E-state index contributed by atoms with van der Waals surface area (Å²) in [7, 11) is 0. The van der Waals surface area contributed by atoms with Gasteiger partial charge in [-0.25, -0.2) is 0 Å². The summed E-state index contributed by atoms with van der Waals surface area (Å²) < 4.78 is 0. The Balaban J connectivity index is 2.08. The molecule has 1 aromatic carbocycles. The summed E-state index contributed by atoms with van der Waals surface area (Å²) in [5.41, 5.74) is 1.43. The van der Waals surface area contributed by atoms with E-state index in [2.05, 4.69) is 41.0 Å². The number of hydrogen-bond acceptors (Lipinski definition) is 2. The number of nitrogens with one attached hydrogen (secondary N) is 2. The summed E-state index contributed by atoms with van der Waals surface area (Å²) >= 11 is 0. The molecule has 2 nitrogen and oxygen atoms in total. The third-order valence-corrected chi connectivity index (χ3v) is 2.30. The molecule has 0 saturated carbocycles. The summed E-state index contributed by atoms with van der Waals surface area (Å²) in [5.74, 6) is 0.639. The van der Waals surface area contributed by atoms with Gasteiger partial charge in [0.1, 0.15) is 0 Å². The molecule has 1 aliphatic heterocycles. The Morgan fingerprint density at radius 2 is 1.67 bits per heavy atom. The molecule has 1 aromatic rings. The minimum Gasteiger partial charge on any atom is -0.304 e. The van der Waals surface area contributed by atoms with Crippen LogP contribution in [0.25, 0.3) is 0 Å². The van der Waals surface area contributed by atoms with Gasteiger partial charge >= 0.3 is 0 Å². The molecular formula is C10H14N2. The zero-order valence-corrected chi connectivity index (χ0v) is 7.09. The van der Waals surface area contributed by atoms with Crippen LogP contribution in [0.3, 0.4) is 0 Å². The van der Waals surface area contributed by atoms with Gasteiger partial charge in [0.2, 0.25) is 0 Å². The van der Waals surface area contributed by atoms with Gasteiger partial charge in [0, 0.05) is 25.7 Å². The van der Waals surface area contributed by atoms with Crippen molar-refractivity contribution in [1.29, 1.82) is 0 Å². The minimum atomic E-state index is 0.639. The molecule has 1 heterocycles. The lowest BCUT2D eigenvalue weighted by atomic mass is 9.98. The van der Waals surface area contributed by atoms with E-state index in [0.717, 1.165) is 19.8 Å². The van der Waals surface area contributed by atoms with Crippen LogP contribution >= 0.6 is 0 Å². The molecule has 0 aliphatic carbocycles. The SMILES string of the molecule is c1ccc(C2CNCNC2)cc1. The molecule has 2 rings (SSSR count). The molecule has 0 radical (unpaired) electrons. The van der Waals surface area contributed by atoms with Gasteiger partial charge in [-0.15, -0.1) is 0 Å². The monoisotopic (exact) mass is 162 g/mol. The van der Waals surface area contributed by atoms with Crippen molar-refractivity contribution in [3.8, 4) is 0 Å². The summed E-state index contributed by atoms with van der Waals surface area (Å²) in [6.45, 7) is 3.14. The van der Waals surface area contributed by atoms with E-state index in [4.69, 9.17) is 0 Å². The first kappa shape index (κ1) is 7.77. The van der Waals surface area contributed by atoms with Crippen molar-refractivity contribution in [2.24, 2.45) is 0 Å². The van der Waals surface area contributed by atoms with Crippen LogP contribution in [0.15, 0.2) is 30.3 Å². The Hall–Kier alpha value is -0.860. The van der Waals surface area contributed by atoms with Crippen LogP contribution in [-0.2, 0) is 0 Å². The highest BCUT2D eigenvalue weighted by Gasteiger charge is 2.13. The van der Waals surface area contributed by atoms with E-state index < -0.39 is 0 Å². The van der Waals surface area contributed by atoms with E-state index in [0.29, 0.717) is 5.92 Å². The normalized spacial score (nSPS) is 19.3. The molecule has 1 fully saturated rings. The van der Waals surface area contributed by atoms with Crippen molar-refractivity contribution in [3.05, 3.63) is 35.9 Å². The molecule has 0 amide bonds. The van der Waals surface area contributed by atoms with Gasteiger partial charge in [0.25, 0.3) is 0 Å². The first-order chi connectivity index (χ1) is 5.97. The van der Waals surface area contributed by atoms with Gasteiger partial charge in [-0.1, -0.05) is 30.3 Å². The van der Waals surface area contributed by atoms with Crippen LogP contribution in [0, 0.1) is 0 Å². The predicted molar refractivity (Wildman–Crippen MR) is 50.1 cm³/mol. The first-order valence-corrected chi connectivity index (χ1v) is 4.43. The fourth-order valence-electron chi connectivity index (χ4n) is 1.61. The van der Waals surface area contributed by atoms with E-state index in [1.807, 2.05) is 0 Å². The molecule has 1 saturated heterocycles. The quantitative estimate of drug-likeness (QED) is 0.641. The van der Waals surface area contributed by atoms with E-state index in [1.54, 1.807) is 0 Å². The third-order valence-electron chi connectivity index (χ3n) is 2.30. The van der Waals surface area contributed by atoms with Crippen LogP contribution in [0.4, 0.5) is 0 Å². The molecule has 0 bridgehead atoms. The standard InChI is InChI=1S/C10H14N2/c1-2-4-9(5-3-1)10-6-11-8-12-7-10/h1-5,10-12H,6-8H2. The summed E-state index contributed by atoms with van der Waals surface area (Å²) in [5, 5.41) is 6.64. The highest BCUT2D eigenvalue weighted by Crippen LogP contribution is 2.14. The Labute approximate surface area is 73.0 Å². The second-order valence-electron chi connectivity index (χ2n) is 3.19. The van der Waals surface area contributed by atoms with Crippen molar-refractivity contribution in [2.45, 2.75) is 5.92 Å². The van der Waals surface area contributed by atoms with Crippen molar-refractivity contribution >= 4 is 0 Å². The van der Waals surface area contributed by atoms with Crippen molar-refractivity contribution in [3.63, 3.8) is 0 Å². The number of rotatable bonds is 1. The van der Waals surface area contributed by atoms with Crippen LogP contribution < -0.4 is 10.6 Å². The fraction of sp³-hybridized carbons (Fsp3) is 0.400. The zero-order chi connectivity index (χ0) is 8.23. The fourth-order valence-corrected chi connectivity index (χ4v) is 1.61. The van der Waals surface area contributed by atoms with Crippen molar-refractivity contribution < 1.29 is 0 Å². The van der Waals surface area contributed by atoms with Gasteiger partial charge in [-0.2, -0.15) is 0 Å². The van der Waals surface area contributed by atoms with Crippen molar-refractivity contribution in [2.75, 3.05) is 19.8 Å². The molecular weight excluding hydrogens is 148 g/mol. The Kier molecular flexibility index (Phi) is 2.39. The molecule has 2 N–H and O–H groups in total. The highest BCUT2D eigenvalue weighted by atomic mass is 15.1. The average Bonchev–Trinajstić information content (AvgIpc) is 2.21. The minimum absolute atomic E-state index is 0.639. The van der Waals surface area contributed by atoms with Gasteiger partial charge in [0.05, 0.1) is 0 Å². The predicted octanol–water partition coefficient (Wildman–Crippen LogP) is 0.920. The van der Waals surface area contributed by atoms with Crippen molar-refractivity contribution in [1.82, 2.24) is 10.6 Å². The molecule has 0 aromatic heterocycles. The maximum Gasteiger partial charge on any atom is 0.0454 e. The number of hydrogen-bond donors (Lipinski definition) is 2. The zero-order valence-electron chi connectivity index (χ0n) is 7.09. The van der Waals surface area contributed by atoms with Crippen LogP contribution in [-0.4, -0.2) is 19.8 Å². The molecule has 12 heavy (non-hydrogen) atoms. The summed E-state index contributed by atoms with van der Waals surface area (Å²) in [4.78, 5) is 0. The summed E-state index contributed by atoms with van der Waals surface area (Å²) in [6.07, 6.45) is 0. The molecule has 2 heteroatoms. The first-order valence-electron chi connectivity index (χ1n) is 4.43. The Morgan fingerprint density at radius 1 is 1.00 bits per heavy atom. The topological polar surface area (TPSA) is 24.1 Å². The van der Waals surface area contributed by atoms with E-state index in [1.165, 1.54) is 5.56 Å². The lowest BCUT2D eigenvalue weighted by molar-refractivity contribution is 0.447. The van der Waals surface area contributed by atoms with Gasteiger partial charge in [-0.3, -0.25) is 0 Å². The largest absolute Gasteiger partial charge is 0.304 e. The molecule has 0 atom stereocenters. The molecule has 0 spiro atoms. The maximum absolute atomic E-state index is 3.32. The third kappa shape index (κ3) is 1.65. The van der Waals surface area contributed by atoms with E-state index in [-0.39, 0.29) is 0 Å². The lowest BCUT2D eigenvalue weighted by Crippen LogP contribution is -2.42. The average molecular weight is 162 g/mol. The molecule has 64 valence electrons. The molecule has 1 aliphatic rings. The number of benzene rings is 1. The van der Waals surface area contributed by atoms with E-state index >= 15 is 0 Å². The van der Waals surface area contributed by atoms with Gasteiger partial charge < -0.3 is 10.6 Å². The lowest BCUT2D eigenvalue weighted by Gasteiger charge is -2.23. The Morgan fingerprint density at radius 3 is 2.33 bits per heavy atom. The van der Waals surface area contributed by atoms with Gasteiger partial charge in [0.15, 0.2) is 0 Å². The van der Waals surface area contributed by atoms with Crippen LogP contribution in [0.2, 0.25) is 0 Å². The van der Waals surface area contributed by atoms with Gasteiger partial charge in [-0.05, 0) is 5.56 Å². The van der Waals surface area contributed by atoms with Crippen LogP contribution in [0.5, 0.6) is 0 Å².